The summed E-state index contributed by atoms with van der Waals surface area (Å²) < 4.78 is 1.09. The van der Waals surface area contributed by atoms with Crippen molar-refractivity contribution in [1.82, 2.24) is 0 Å². The monoisotopic (exact) mass is 238 g/mol. The molecule has 0 unspecified atom stereocenters. The van der Waals surface area contributed by atoms with E-state index in [1.807, 2.05) is 12.1 Å². The van der Waals surface area contributed by atoms with E-state index in [0.717, 1.165) is 4.47 Å². The van der Waals surface area contributed by atoms with Crippen LogP contribution >= 0.6 is 15.9 Å². The second kappa shape index (κ2) is 2.95. The predicted molar refractivity (Wildman–Crippen MR) is 55.7 cm³/mol. The largest absolute Gasteiger partial charge is 0.300 e. The topological polar surface area (TPSA) is 17.1 Å². The maximum Gasteiger partial charge on any atom is 0.134 e. The highest BCUT2D eigenvalue weighted by molar-refractivity contribution is 9.10. The highest BCUT2D eigenvalue weighted by atomic mass is 79.9. The number of carbonyl (C=O) groups is 1. The van der Waals surface area contributed by atoms with E-state index in [4.69, 9.17) is 0 Å². The Morgan fingerprint density at radius 2 is 1.77 bits per heavy atom. The first kappa shape index (κ1) is 8.95. The Balaban J connectivity index is 2.26. The van der Waals surface area contributed by atoms with Crippen LogP contribution in [-0.2, 0) is 10.2 Å². The molecule has 0 aromatic heterocycles. The predicted octanol–water partition coefficient (Wildman–Crippen LogP) is 3.07. The van der Waals surface area contributed by atoms with E-state index in [1.165, 1.54) is 5.56 Å². The molecule has 0 saturated heterocycles. The molecule has 68 valence electrons. The average Bonchev–Trinajstić information content (AvgIpc) is 2.03. The Hall–Kier alpha value is -0.630. The van der Waals surface area contributed by atoms with E-state index < -0.39 is 0 Å². The maximum absolute atomic E-state index is 10.9. The van der Waals surface area contributed by atoms with Crippen LogP contribution in [0.3, 0.4) is 0 Å². The number of benzene rings is 1. The highest BCUT2D eigenvalue weighted by Gasteiger charge is 2.40. The van der Waals surface area contributed by atoms with Gasteiger partial charge in [0.05, 0.1) is 0 Å². The van der Waals surface area contributed by atoms with Gasteiger partial charge in [-0.05, 0) is 17.7 Å². The SMILES string of the molecule is CC1(c2ccc(Br)cc2)CC(=O)C1. The number of carbonyl (C=O) groups excluding carboxylic acids is 1. The van der Waals surface area contributed by atoms with Gasteiger partial charge in [0, 0.05) is 22.7 Å². The van der Waals surface area contributed by atoms with Crippen LogP contribution in [0.1, 0.15) is 25.3 Å². The second-order valence-electron chi connectivity index (χ2n) is 3.96. The third kappa shape index (κ3) is 1.55. The molecular formula is C11H11BrO. The summed E-state index contributed by atoms with van der Waals surface area (Å²) >= 11 is 3.40. The van der Waals surface area contributed by atoms with Crippen molar-refractivity contribution in [3.05, 3.63) is 34.3 Å². The lowest BCUT2D eigenvalue weighted by Crippen LogP contribution is -2.38. The van der Waals surface area contributed by atoms with Gasteiger partial charge in [0.15, 0.2) is 0 Å². The van der Waals surface area contributed by atoms with Crippen LogP contribution in [-0.4, -0.2) is 5.78 Å². The van der Waals surface area contributed by atoms with Gasteiger partial charge in [0.2, 0.25) is 0 Å². The first-order valence-electron chi connectivity index (χ1n) is 4.38. The van der Waals surface area contributed by atoms with Crippen LogP contribution in [0.25, 0.3) is 0 Å². The van der Waals surface area contributed by atoms with E-state index in [-0.39, 0.29) is 5.41 Å². The molecule has 1 nitrogen and oxygen atoms in total. The zero-order valence-corrected chi connectivity index (χ0v) is 9.10. The summed E-state index contributed by atoms with van der Waals surface area (Å²) in [6.07, 6.45) is 1.41. The molecule has 1 aliphatic carbocycles. The highest BCUT2D eigenvalue weighted by Crippen LogP contribution is 2.40. The van der Waals surface area contributed by atoms with E-state index >= 15 is 0 Å². The van der Waals surface area contributed by atoms with Gasteiger partial charge in [0.25, 0.3) is 0 Å². The fourth-order valence-corrected chi connectivity index (χ4v) is 2.14. The summed E-state index contributed by atoms with van der Waals surface area (Å²) in [5.41, 5.74) is 1.38. The molecule has 0 heterocycles. The molecule has 0 aliphatic heterocycles. The molecule has 1 aromatic carbocycles. The smallest absolute Gasteiger partial charge is 0.134 e. The van der Waals surface area contributed by atoms with Gasteiger partial charge in [0.1, 0.15) is 5.78 Å². The van der Waals surface area contributed by atoms with Gasteiger partial charge in [-0.2, -0.15) is 0 Å². The molecule has 1 aromatic rings. The standard InChI is InChI=1S/C11H11BrO/c1-11(6-10(13)7-11)8-2-4-9(12)5-3-8/h2-5H,6-7H2,1H3. The first-order chi connectivity index (χ1) is 6.10. The van der Waals surface area contributed by atoms with Crippen molar-refractivity contribution in [3.8, 4) is 0 Å². The van der Waals surface area contributed by atoms with Crippen molar-refractivity contribution < 1.29 is 4.79 Å². The molecule has 1 fully saturated rings. The number of Topliss-reactive ketones (excluding diaryl/α,β-unsaturated/α-hetero) is 1. The normalized spacial score (nSPS) is 19.7. The Bertz CT molecular complexity index is 332. The number of hydrogen-bond donors (Lipinski definition) is 0. The molecule has 0 radical (unpaired) electrons. The van der Waals surface area contributed by atoms with Crippen LogP contribution in [0.4, 0.5) is 0 Å². The number of halogens is 1. The zero-order chi connectivity index (χ0) is 9.47. The summed E-state index contributed by atoms with van der Waals surface area (Å²) in [4.78, 5) is 10.9. The molecule has 0 bridgehead atoms. The van der Waals surface area contributed by atoms with E-state index in [2.05, 4.69) is 35.0 Å². The Morgan fingerprint density at radius 1 is 1.23 bits per heavy atom. The summed E-state index contributed by atoms with van der Waals surface area (Å²) in [6, 6.07) is 8.25. The molecule has 0 spiro atoms. The molecular weight excluding hydrogens is 228 g/mol. The summed E-state index contributed by atoms with van der Waals surface area (Å²) in [6.45, 7) is 2.15. The fraction of sp³-hybridized carbons (Fsp3) is 0.364. The van der Waals surface area contributed by atoms with Crippen molar-refractivity contribution in [2.24, 2.45) is 0 Å². The molecule has 1 aliphatic rings. The lowest BCUT2D eigenvalue weighted by atomic mass is 9.65. The number of hydrogen-bond acceptors (Lipinski definition) is 1. The zero-order valence-electron chi connectivity index (χ0n) is 7.51. The van der Waals surface area contributed by atoms with E-state index in [0.29, 0.717) is 18.6 Å². The Morgan fingerprint density at radius 3 is 2.23 bits per heavy atom. The van der Waals surface area contributed by atoms with Crippen molar-refractivity contribution >= 4 is 21.7 Å². The number of rotatable bonds is 1. The van der Waals surface area contributed by atoms with Gasteiger partial charge in [-0.3, -0.25) is 4.79 Å². The van der Waals surface area contributed by atoms with Crippen LogP contribution in [0.5, 0.6) is 0 Å². The average molecular weight is 239 g/mol. The minimum Gasteiger partial charge on any atom is -0.300 e. The minimum atomic E-state index is 0.109. The van der Waals surface area contributed by atoms with E-state index in [9.17, 15) is 4.79 Å². The molecule has 1 saturated carbocycles. The van der Waals surface area contributed by atoms with Gasteiger partial charge in [-0.1, -0.05) is 35.0 Å². The Labute approximate surface area is 86.3 Å². The third-order valence-electron chi connectivity index (χ3n) is 2.72. The van der Waals surface area contributed by atoms with Crippen molar-refractivity contribution in [1.29, 1.82) is 0 Å². The summed E-state index contributed by atoms with van der Waals surface area (Å²) in [7, 11) is 0. The molecule has 0 amide bonds. The van der Waals surface area contributed by atoms with Gasteiger partial charge in [-0.25, -0.2) is 0 Å². The molecule has 2 rings (SSSR count). The van der Waals surface area contributed by atoms with Crippen LogP contribution < -0.4 is 0 Å². The molecule has 0 N–H and O–H groups in total. The minimum absolute atomic E-state index is 0.109. The van der Waals surface area contributed by atoms with Gasteiger partial charge < -0.3 is 0 Å². The van der Waals surface area contributed by atoms with Crippen molar-refractivity contribution in [2.75, 3.05) is 0 Å². The quantitative estimate of drug-likeness (QED) is 0.736. The van der Waals surface area contributed by atoms with Crippen LogP contribution in [0, 0.1) is 0 Å². The van der Waals surface area contributed by atoms with Crippen molar-refractivity contribution in [3.63, 3.8) is 0 Å². The first-order valence-corrected chi connectivity index (χ1v) is 5.17. The fourth-order valence-electron chi connectivity index (χ4n) is 1.87. The van der Waals surface area contributed by atoms with Crippen LogP contribution in [0.2, 0.25) is 0 Å². The van der Waals surface area contributed by atoms with Crippen LogP contribution in [0.15, 0.2) is 28.7 Å². The lowest BCUT2D eigenvalue weighted by molar-refractivity contribution is -0.127. The van der Waals surface area contributed by atoms with E-state index in [1.54, 1.807) is 0 Å². The molecule has 13 heavy (non-hydrogen) atoms. The second-order valence-corrected chi connectivity index (χ2v) is 4.88. The molecule has 2 heteroatoms. The van der Waals surface area contributed by atoms with Gasteiger partial charge in [-0.15, -0.1) is 0 Å². The number of ketones is 1. The molecule has 0 atom stereocenters. The van der Waals surface area contributed by atoms with Crippen molar-refractivity contribution in [2.45, 2.75) is 25.2 Å². The Kier molecular flexibility index (Phi) is 2.03. The third-order valence-corrected chi connectivity index (χ3v) is 3.24. The summed E-state index contributed by atoms with van der Waals surface area (Å²) in [5, 5.41) is 0. The summed E-state index contributed by atoms with van der Waals surface area (Å²) in [5.74, 6) is 0.380. The lowest BCUT2D eigenvalue weighted by Gasteiger charge is -2.37. The maximum atomic E-state index is 10.9. The van der Waals surface area contributed by atoms with Gasteiger partial charge >= 0.3 is 0 Å².